The van der Waals surface area contributed by atoms with Crippen LogP contribution in [0.5, 0.6) is 0 Å². The smallest absolute Gasteiger partial charge is 0.0847 e. The first-order valence-electron chi connectivity index (χ1n) is 4.12. The summed E-state index contributed by atoms with van der Waals surface area (Å²) in [5, 5.41) is 20.7. The van der Waals surface area contributed by atoms with Gasteiger partial charge in [-0.25, -0.2) is 0 Å². The van der Waals surface area contributed by atoms with Crippen LogP contribution in [-0.2, 0) is 6.42 Å². The lowest BCUT2D eigenvalue weighted by molar-refractivity contribution is 0.0186. The first-order chi connectivity index (χ1) is 5.74. The van der Waals surface area contributed by atoms with Crippen molar-refractivity contribution >= 4 is 11.3 Å². The molecule has 1 rings (SSSR count). The van der Waals surface area contributed by atoms with Crippen molar-refractivity contribution in [2.24, 2.45) is 0 Å². The molecule has 2 unspecified atom stereocenters. The molecule has 12 heavy (non-hydrogen) atoms. The molecule has 0 aliphatic rings. The van der Waals surface area contributed by atoms with Crippen LogP contribution in [0.2, 0.25) is 0 Å². The summed E-state index contributed by atoms with van der Waals surface area (Å²) in [6.07, 6.45) is -0.0418. The summed E-state index contributed by atoms with van der Waals surface area (Å²) in [6, 6.07) is 3.92. The summed E-state index contributed by atoms with van der Waals surface area (Å²) in [6.45, 7) is 1.86. The Morgan fingerprint density at radius 2 is 2.17 bits per heavy atom. The lowest BCUT2D eigenvalue weighted by atomic mass is 10.1. The Hall–Kier alpha value is -0.380. The maximum absolute atomic E-state index is 9.45. The minimum atomic E-state index is -0.617. The van der Waals surface area contributed by atoms with Gasteiger partial charge in [0.05, 0.1) is 12.2 Å². The van der Waals surface area contributed by atoms with Crippen LogP contribution < -0.4 is 0 Å². The predicted molar refractivity (Wildman–Crippen MR) is 50.3 cm³/mol. The molecule has 2 atom stereocenters. The third-order valence-electron chi connectivity index (χ3n) is 1.85. The number of rotatable bonds is 4. The Morgan fingerprint density at radius 1 is 1.42 bits per heavy atom. The monoisotopic (exact) mass is 186 g/mol. The molecular formula is C9H14O2S. The van der Waals surface area contributed by atoms with E-state index in [4.69, 9.17) is 0 Å². The fourth-order valence-corrected chi connectivity index (χ4v) is 1.80. The van der Waals surface area contributed by atoms with Gasteiger partial charge in [0.1, 0.15) is 0 Å². The zero-order valence-electron chi connectivity index (χ0n) is 7.10. The lowest BCUT2D eigenvalue weighted by Gasteiger charge is -2.14. The van der Waals surface area contributed by atoms with Gasteiger partial charge in [-0.3, -0.25) is 0 Å². The number of thiophene rings is 1. The largest absolute Gasteiger partial charge is 0.390 e. The van der Waals surface area contributed by atoms with Gasteiger partial charge in [0.2, 0.25) is 0 Å². The van der Waals surface area contributed by atoms with Crippen LogP contribution in [-0.4, -0.2) is 22.4 Å². The van der Waals surface area contributed by atoms with Crippen LogP contribution >= 0.6 is 11.3 Å². The molecule has 68 valence electrons. The van der Waals surface area contributed by atoms with Gasteiger partial charge in [0.15, 0.2) is 0 Å². The van der Waals surface area contributed by atoms with Gasteiger partial charge < -0.3 is 10.2 Å². The summed E-state index contributed by atoms with van der Waals surface area (Å²) < 4.78 is 0. The Morgan fingerprint density at radius 3 is 2.67 bits per heavy atom. The summed E-state index contributed by atoms with van der Waals surface area (Å²) in [7, 11) is 0. The van der Waals surface area contributed by atoms with Crippen LogP contribution in [0.15, 0.2) is 17.5 Å². The van der Waals surface area contributed by atoms with E-state index in [1.807, 2.05) is 24.4 Å². The van der Waals surface area contributed by atoms with Gasteiger partial charge in [-0.05, 0) is 17.9 Å². The molecule has 0 radical (unpaired) electrons. The summed E-state index contributed by atoms with van der Waals surface area (Å²) in [5.74, 6) is 0. The number of hydrogen-bond donors (Lipinski definition) is 2. The minimum absolute atomic E-state index is 0.562. The first-order valence-corrected chi connectivity index (χ1v) is 5.00. The molecule has 3 heteroatoms. The average molecular weight is 186 g/mol. The molecule has 2 nitrogen and oxygen atoms in total. The van der Waals surface area contributed by atoms with E-state index in [0.717, 1.165) is 4.88 Å². The molecule has 0 aliphatic carbocycles. The summed E-state index contributed by atoms with van der Waals surface area (Å²) >= 11 is 1.61. The zero-order chi connectivity index (χ0) is 8.97. The van der Waals surface area contributed by atoms with Gasteiger partial charge in [-0.1, -0.05) is 13.0 Å². The van der Waals surface area contributed by atoms with Crippen molar-refractivity contribution in [2.45, 2.75) is 32.0 Å². The van der Waals surface area contributed by atoms with Crippen molar-refractivity contribution in [3.8, 4) is 0 Å². The van der Waals surface area contributed by atoms with Crippen molar-refractivity contribution in [1.82, 2.24) is 0 Å². The van der Waals surface area contributed by atoms with E-state index < -0.39 is 12.2 Å². The summed E-state index contributed by atoms with van der Waals surface area (Å²) in [4.78, 5) is 1.12. The van der Waals surface area contributed by atoms with Crippen LogP contribution in [0.4, 0.5) is 0 Å². The Labute approximate surface area is 76.5 Å². The molecule has 0 saturated carbocycles. The van der Waals surface area contributed by atoms with Crippen LogP contribution in [0.1, 0.15) is 18.2 Å². The maximum atomic E-state index is 9.45. The van der Waals surface area contributed by atoms with Gasteiger partial charge in [0, 0.05) is 11.3 Å². The Kier molecular flexibility index (Phi) is 3.72. The van der Waals surface area contributed by atoms with E-state index in [9.17, 15) is 10.2 Å². The topological polar surface area (TPSA) is 40.5 Å². The predicted octanol–water partition coefficient (Wildman–Crippen LogP) is 1.42. The highest BCUT2D eigenvalue weighted by molar-refractivity contribution is 7.09. The molecular weight excluding hydrogens is 172 g/mol. The third-order valence-corrected chi connectivity index (χ3v) is 2.75. The minimum Gasteiger partial charge on any atom is -0.390 e. The van der Waals surface area contributed by atoms with Gasteiger partial charge in [-0.2, -0.15) is 0 Å². The van der Waals surface area contributed by atoms with E-state index in [-0.39, 0.29) is 0 Å². The molecule has 1 aromatic heterocycles. The second-order valence-corrected chi connectivity index (χ2v) is 3.86. The van der Waals surface area contributed by atoms with Crippen LogP contribution in [0.25, 0.3) is 0 Å². The Bertz CT molecular complexity index is 208. The second kappa shape index (κ2) is 4.60. The fourth-order valence-electron chi connectivity index (χ4n) is 1.04. The zero-order valence-corrected chi connectivity index (χ0v) is 7.92. The molecule has 0 bridgehead atoms. The van der Waals surface area contributed by atoms with E-state index in [1.165, 1.54) is 0 Å². The van der Waals surface area contributed by atoms with Crippen LogP contribution in [0, 0.1) is 0 Å². The molecule has 0 saturated heterocycles. The SMILES string of the molecule is CCC(O)C(O)Cc1cccs1. The van der Waals surface area contributed by atoms with E-state index in [0.29, 0.717) is 12.8 Å². The quantitative estimate of drug-likeness (QED) is 0.746. The van der Waals surface area contributed by atoms with E-state index in [1.54, 1.807) is 11.3 Å². The highest BCUT2D eigenvalue weighted by atomic mass is 32.1. The van der Waals surface area contributed by atoms with E-state index >= 15 is 0 Å². The molecule has 0 spiro atoms. The number of aliphatic hydroxyl groups excluding tert-OH is 2. The molecule has 2 N–H and O–H groups in total. The highest BCUT2D eigenvalue weighted by Gasteiger charge is 2.14. The second-order valence-electron chi connectivity index (χ2n) is 2.83. The van der Waals surface area contributed by atoms with Crippen LogP contribution in [0.3, 0.4) is 0 Å². The van der Waals surface area contributed by atoms with Gasteiger partial charge in [0.25, 0.3) is 0 Å². The normalized spacial score (nSPS) is 15.9. The molecule has 0 aromatic carbocycles. The van der Waals surface area contributed by atoms with Crippen molar-refractivity contribution in [1.29, 1.82) is 0 Å². The molecule has 0 aliphatic heterocycles. The molecule has 1 aromatic rings. The van der Waals surface area contributed by atoms with Crippen molar-refractivity contribution in [3.63, 3.8) is 0 Å². The Balaban J connectivity index is 2.41. The van der Waals surface area contributed by atoms with Gasteiger partial charge >= 0.3 is 0 Å². The molecule has 1 heterocycles. The standard InChI is InChI=1S/C9H14O2S/c1-2-8(10)9(11)6-7-4-3-5-12-7/h3-5,8-11H,2,6H2,1H3. The van der Waals surface area contributed by atoms with E-state index in [2.05, 4.69) is 0 Å². The summed E-state index contributed by atoms with van der Waals surface area (Å²) in [5.41, 5.74) is 0. The van der Waals surface area contributed by atoms with Gasteiger partial charge in [-0.15, -0.1) is 11.3 Å². The molecule has 0 amide bonds. The highest BCUT2D eigenvalue weighted by Crippen LogP contribution is 2.13. The van der Waals surface area contributed by atoms with Crippen molar-refractivity contribution < 1.29 is 10.2 Å². The first kappa shape index (κ1) is 9.71. The van der Waals surface area contributed by atoms with Crippen molar-refractivity contribution in [2.75, 3.05) is 0 Å². The van der Waals surface area contributed by atoms with Crippen molar-refractivity contribution in [3.05, 3.63) is 22.4 Å². The number of aliphatic hydroxyl groups is 2. The fraction of sp³-hybridized carbons (Fsp3) is 0.556. The maximum Gasteiger partial charge on any atom is 0.0847 e. The molecule has 0 fully saturated rings. The average Bonchev–Trinajstić information content (AvgIpc) is 2.55. The third kappa shape index (κ3) is 2.59. The lowest BCUT2D eigenvalue weighted by Crippen LogP contribution is -2.26. The number of hydrogen-bond acceptors (Lipinski definition) is 3.